The Bertz CT molecular complexity index is 736. The average Bonchev–Trinajstić information content (AvgIpc) is 2.59. The summed E-state index contributed by atoms with van der Waals surface area (Å²) in [5, 5.41) is 1.35. The Balaban J connectivity index is 2.32. The molecule has 1 N–H and O–H groups in total. The minimum Gasteiger partial charge on any atom is -0.493 e. The Labute approximate surface area is 148 Å². The predicted octanol–water partition coefficient (Wildman–Crippen LogP) is 3.67. The molecule has 2 rings (SSSR count). The third kappa shape index (κ3) is 4.59. The van der Waals surface area contributed by atoms with Gasteiger partial charge in [0.05, 0.1) is 17.7 Å². The molecule has 0 radical (unpaired) electrons. The summed E-state index contributed by atoms with van der Waals surface area (Å²) >= 11 is 0. The molecule has 5 heteroatoms. The fourth-order valence-corrected chi connectivity index (χ4v) is 2.32. The first kappa shape index (κ1) is 18.5. The van der Waals surface area contributed by atoms with Crippen molar-refractivity contribution < 1.29 is 14.3 Å². The number of nitrogens with zero attached hydrogens (tertiary/aromatic N) is 1. The normalized spacial score (nSPS) is 10.9. The van der Waals surface area contributed by atoms with Crippen LogP contribution in [-0.4, -0.2) is 29.0 Å². The van der Waals surface area contributed by atoms with Crippen LogP contribution in [0.4, 0.5) is 0 Å². The number of ether oxygens (including phenoxy) is 1. The first-order chi connectivity index (χ1) is 11.8. The molecule has 0 unspecified atom stereocenters. The summed E-state index contributed by atoms with van der Waals surface area (Å²) in [5.41, 5.74) is 3.02. The zero-order valence-corrected chi connectivity index (χ0v) is 15.1. The molecule has 25 heavy (non-hydrogen) atoms. The first-order valence-electron chi connectivity index (χ1n) is 8.27. The summed E-state index contributed by atoms with van der Waals surface area (Å²) in [6, 6.07) is 15.8. The van der Waals surface area contributed by atoms with Gasteiger partial charge in [-0.2, -0.15) is 0 Å². The Morgan fingerprint density at radius 2 is 1.60 bits per heavy atom. The van der Waals surface area contributed by atoms with E-state index in [1.54, 1.807) is 42.5 Å². The zero-order valence-electron chi connectivity index (χ0n) is 15.1. The third-order valence-electron chi connectivity index (χ3n) is 3.54. The summed E-state index contributed by atoms with van der Waals surface area (Å²) in [4.78, 5) is 25.6. The van der Waals surface area contributed by atoms with Gasteiger partial charge < -0.3 is 4.74 Å². The smallest absolute Gasteiger partial charge is 0.276 e. The summed E-state index contributed by atoms with van der Waals surface area (Å²) in [6.07, 6.45) is 0. The maximum atomic E-state index is 13.1. The Morgan fingerprint density at radius 3 is 2.20 bits per heavy atom. The molecule has 0 aromatic heterocycles. The highest BCUT2D eigenvalue weighted by molar-refractivity contribution is 6.00. The highest BCUT2D eigenvalue weighted by Gasteiger charge is 2.31. The number of amides is 2. The first-order valence-corrected chi connectivity index (χ1v) is 8.27. The molecule has 0 spiro atoms. The number of hydrogen-bond acceptors (Lipinski definition) is 3. The van der Waals surface area contributed by atoms with E-state index in [0.717, 1.165) is 0 Å². The quantitative estimate of drug-likeness (QED) is 0.864. The van der Waals surface area contributed by atoms with Gasteiger partial charge in [0, 0.05) is 5.56 Å². The van der Waals surface area contributed by atoms with Crippen LogP contribution in [-0.2, 0) is 0 Å². The summed E-state index contributed by atoms with van der Waals surface area (Å²) in [6.45, 7) is 7.90. The standard InChI is InChI=1S/C20H24N2O3/c1-5-25-17-14-10-9-13-16(17)19(24)22(20(2,3)4)21-18(23)15-11-7-6-8-12-15/h6-14H,5H2,1-4H3,(H,21,23). The molecule has 0 saturated carbocycles. The molecule has 0 saturated heterocycles. The maximum absolute atomic E-state index is 13.1. The number of benzene rings is 2. The summed E-state index contributed by atoms with van der Waals surface area (Å²) < 4.78 is 5.55. The van der Waals surface area contributed by atoms with E-state index in [2.05, 4.69) is 5.43 Å². The molecular formula is C20H24N2O3. The van der Waals surface area contributed by atoms with Crippen LogP contribution in [0.1, 0.15) is 48.4 Å². The van der Waals surface area contributed by atoms with Crippen molar-refractivity contribution in [2.45, 2.75) is 33.2 Å². The lowest BCUT2D eigenvalue weighted by molar-refractivity contribution is 0.0355. The molecule has 132 valence electrons. The second kappa shape index (κ2) is 7.83. The molecule has 0 aliphatic carbocycles. The molecular weight excluding hydrogens is 316 g/mol. The van der Waals surface area contributed by atoms with Crippen molar-refractivity contribution >= 4 is 11.8 Å². The van der Waals surface area contributed by atoms with Crippen LogP contribution in [0.2, 0.25) is 0 Å². The minimum absolute atomic E-state index is 0.319. The number of carbonyl (C=O) groups excluding carboxylic acids is 2. The highest BCUT2D eigenvalue weighted by atomic mass is 16.5. The van der Waals surface area contributed by atoms with Crippen LogP contribution in [0, 0.1) is 0 Å². The van der Waals surface area contributed by atoms with Crippen molar-refractivity contribution in [3.8, 4) is 5.75 Å². The van der Waals surface area contributed by atoms with Gasteiger partial charge in [0.2, 0.25) is 0 Å². The summed E-state index contributed by atoms with van der Waals surface area (Å²) in [7, 11) is 0. The second-order valence-electron chi connectivity index (χ2n) is 6.55. The molecule has 0 bridgehead atoms. The van der Waals surface area contributed by atoms with Gasteiger partial charge in [0.1, 0.15) is 5.75 Å². The lowest BCUT2D eigenvalue weighted by Crippen LogP contribution is -2.55. The number of rotatable bonds is 4. The lowest BCUT2D eigenvalue weighted by Gasteiger charge is -2.35. The number of nitrogens with one attached hydrogen (secondary N) is 1. The Morgan fingerprint density at radius 1 is 1.00 bits per heavy atom. The van der Waals surface area contributed by atoms with Crippen LogP contribution in [0.5, 0.6) is 5.75 Å². The van der Waals surface area contributed by atoms with Crippen molar-refractivity contribution in [3.05, 3.63) is 65.7 Å². The molecule has 2 aromatic carbocycles. The van der Waals surface area contributed by atoms with Crippen molar-refractivity contribution in [2.24, 2.45) is 0 Å². The van der Waals surface area contributed by atoms with Crippen LogP contribution >= 0.6 is 0 Å². The van der Waals surface area contributed by atoms with Gasteiger partial charge in [0.15, 0.2) is 0 Å². The van der Waals surface area contributed by atoms with Crippen LogP contribution in [0.15, 0.2) is 54.6 Å². The van der Waals surface area contributed by atoms with Crippen LogP contribution in [0.3, 0.4) is 0 Å². The monoisotopic (exact) mass is 340 g/mol. The van der Waals surface area contributed by atoms with Crippen LogP contribution in [0.25, 0.3) is 0 Å². The van der Waals surface area contributed by atoms with Gasteiger partial charge in [-0.3, -0.25) is 15.0 Å². The second-order valence-corrected chi connectivity index (χ2v) is 6.55. The molecule has 0 aliphatic heterocycles. The van der Waals surface area contributed by atoms with Gasteiger partial charge in [0.25, 0.3) is 11.8 Å². The van der Waals surface area contributed by atoms with Gasteiger partial charge in [-0.05, 0) is 52.0 Å². The fraction of sp³-hybridized carbons (Fsp3) is 0.300. The zero-order chi connectivity index (χ0) is 18.4. The van der Waals surface area contributed by atoms with E-state index in [-0.39, 0.29) is 11.8 Å². The minimum atomic E-state index is -0.610. The van der Waals surface area contributed by atoms with Gasteiger partial charge >= 0.3 is 0 Å². The van der Waals surface area contributed by atoms with E-state index in [0.29, 0.717) is 23.5 Å². The van der Waals surface area contributed by atoms with E-state index in [1.165, 1.54) is 5.01 Å². The van der Waals surface area contributed by atoms with Crippen molar-refractivity contribution in [1.82, 2.24) is 10.4 Å². The maximum Gasteiger partial charge on any atom is 0.276 e. The van der Waals surface area contributed by atoms with Crippen molar-refractivity contribution in [2.75, 3.05) is 6.61 Å². The topological polar surface area (TPSA) is 58.6 Å². The number of hydrogen-bond donors (Lipinski definition) is 1. The molecule has 0 atom stereocenters. The largest absolute Gasteiger partial charge is 0.493 e. The number of carbonyl (C=O) groups is 2. The number of hydrazine groups is 1. The van der Waals surface area contributed by atoms with Gasteiger partial charge in [-0.25, -0.2) is 5.01 Å². The summed E-state index contributed by atoms with van der Waals surface area (Å²) in [5.74, 6) is -0.156. The Hall–Kier alpha value is -2.82. The molecule has 0 aliphatic rings. The molecule has 0 heterocycles. The molecule has 2 amide bonds. The van der Waals surface area contributed by atoms with E-state index in [9.17, 15) is 9.59 Å². The molecule has 2 aromatic rings. The fourth-order valence-electron chi connectivity index (χ4n) is 2.32. The average molecular weight is 340 g/mol. The Kier molecular flexibility index (Phi) is 5.80. The van der Waals surface area contributed by atoms with Crippen molar-refractivity contribution in [3.63, 3.8) is 0 Å². The van der Waals surface area contributed by atoms with E-state index < -0.39 is 5.54 Å². The van der Waals surface area contributed by atoms with Gasteiger partial charge in [-0.1, -0.05) is 30.3 Å². The molecule has 0 fully saturated rings. The highest BCUT2D eigenvalue weighted by Crippen LogP contribution is 2.23. The van der Waals surface area contributed by atoms with Crippen molar-refractivity contribution in [1.29, 1.82) is 0 Å². The SMILES string of the molecule is CCOc1ccccc1C(=O)N(NC(=O)c1ccccc1)C(C)(C)C. The third-order valence-corrected chi connectivity index (χ3v) is 3.54. The predicted molar refractivity (Wildman–Crippen MR) is 97.4 cm³/mol. The van der Waals surface area contributed by atoms with E-state index in [4.69, 9.17) is 4.74 Å². The van der Waals surface area contributed by atoms with E-state index in [1.807, 2.05) is 39.8 Å². The molecule has 5 nitrogen and oxygen atoms in total. The lowest BCUT2D eigenvalue weighted by atomic mass is 10.1. The number of para-hydroxylation sites is 1. The van der Waals surface area contributed by atoms with Crippen LogP contribution < -0.4 is 10.2 Å². The van der Waals surface area contributed by atoms with Gasteiger partial charge in [-0.15, -0.1) is 0 Å². The van der Waals surface area contributed by atoms with E-state index >= 15 is 0 Å².